The maximum Gasteiger partial charge on any atom is 0.326 e. The van der Waals surface area contributed by atoms with Crippen molar-refractivity contribution >= 4 is 35.6 Å². The second-order valence-corrected chi connectivity index (χ2v) is 7.60. The van der Waals surface area contributed by atoms with Gasteiger partial charge in [0.05, 0.1) is 19.1 Å². The monoisotopic (exact) mass is 495 g/mol. The fraction of sp³-hybridized carbons (Fsp3) is 0.429. The molecule has 4 unspecified atom stereocenters. The minimum absolute atomic E-state index is 0.109. The van der Waals surface area contributed by atoms with Crippen LogP contribution < -0.4 is 27.4 Å². The summed E-state index contributed by atoms with van der Waals surface area (Å²) in [6.07, 6.45) is -1.42. The molecule has 0 fully saturated rings. The molecule has 10 N–H and O–H groups in total. The van der Waals surface area contributed by atoms with Crippen LogP contribution in [0.1, 0.15) is 24.8 Å². The van der Waals surface area contributed by atoms with Crippen LogP contribution in [0, 0.1) is 0 Å². The Labute approximate surface area is 200 Å². The third kappa shape index (κ3) is 10.6. The van der Waals surface area contributed by atoms with Crippen LogP contribution in [0.2, 0.25) is 0 Å². The van der Waals surface area contributed by atoms with Gasteiger partial charge in [-0.25, -0.2) is 4.79 Å². The number of aliphatic hydroxyl groups is 1. The lowest BCUT2D eigenvalue weighted by atomic mass is 10.1. The number of carboxylic acid groups (broad SMARTS) is 2. The van der Waals surface area contributed by atoms with E-state index >= 15 is 0 Å². The van der Waals surface area contributed by atoms with Gasteiger partial charge in [-0.2, -0.15) is 0 Å². The van der Waals surface area contributed by atoms with Crippen molar-refractivity contribution in [2.45, 2.75) is 49.9 Å². The van der Waals surface area contributed by atoms with Crippen molar-refractivity contribution in [1.29, 1.82) is 0 Å². The number of primary amides is 1. The summed E-state index contributed by atoms with van der Waals surface area (Å²) < 4.78 is 0. The van der Waals surface area contributed by atoms with Gasteiger partial charge in [0.15, 0.2) is 0 Å². The molecule has 0 aliphatic carbocycles. The maximum absolute atomic E-state index is 12.6. The van der Waals surface area contributed by atoms with Gasteiger partial charge < -0.3 is 42.7 Å². The lowest BCUT2D eigenvalue weighted by Crippen LogP contribution is -2.58. The average Bonchev–Trinajstić information content (AvgIpc) is 2.79. The topological polar surface area (TPSA) is 251 Å². The van der Waals surface area contributed by atoms with Gasteiger partial charge in [0.1, 0.15) is 18.1 Å². The maximum atomic E-state index is 12.6. The minimum atomic E-state index is -1.68. The molecule has 0 heterocycles. The molecule has 0 aliphatic rings. The number of aliphatic hydroxyl groups excluding tert-OH is 1. The number of rotatable bonds is 15. The Balaban J connectivity index is 2.84. The van der Waals surface area contributed by atoms with Crippen LogP contribution in [0.5, 0.6) is 0 Å². The summed E-state index contributed by atoms with van der Waals surface area (Å²) in [5.74, 6) is -6.77. The van der Waals surface area contributed by atoms with Gasteiger partial charge in [-0.3, -0.25) is 24.0 Å². The minimum Gasteiger partial charge on any atom is -0.481 e. The molecule has 192 valence electrons. The summed E-state index contributed by atoms with van der Waals surface area (Å²) in [5, 5.41) is 34.1. The number of benzene rings is 1. The molecule has 4 amide bonds. The van der Waals surface area contributed by atoms with E-state index in [1.807, 2.05) is 5.32 Å². The molecule has 0 saturated heterocycles. The summed E-state index contributed by atoms with van der Waals surface area (Å²) >= 11 is 0. The van der Waals surface area contributed by atoms with Crippen molar-refractivity contribution in [3.63, 3.8) is 0 Å². The third-order valence-corrected chi connectivity index (χ3v) is 4.76. The summed E-state index contributed by atoms with van der Waals surface area (Å²) in [6.45, 7) is -0.971. The van der Waals surface area contributed by atoms with Crippen molar-refractivity contribution in [3.05, 3.63) is 35.9 Å². The normalized spacial score (nSPS) is 14.0. The number of aliphatic carboxylic acids is 2. The first kappa shape index (κ1) is 29.0. The van der Waals surface area contributed by atoms with Crippen molar-refractivity contribution in [3.8, 4) is 0 Å². The van der Waals surface area contributed by atoms with Crippen molar-refractivity contribution in [1.82, 2.24) is 16.0 Å². The molecular weight excluding hydrogens is 466 g/mol. The van der Waals surface area contributed by atoms with E-state index in [4.69, 9.17) is 16.6 Å². The first-order chi connectivity index (χ1) is 16.4. The Hall–Kier alpha value is -4.04. The van der Waals surface area contributed by atoms with Crippen LogP contribution in [0.15, 0.2) is 30.3 Å². The zero-order valence-corrected chi connectivity index (χ0v) is 18.7. The number of hydrogen-bond donors (Lipinski definition) is 8. The van der Waals surface area contributed by atoms with Gasteiger partial charge in [-0.1, -0.05) is 30.3 Å². The fourth-order valence-corrected chi connectivity index (χ4v) is 2.91. The summed E-state index contributed by atoms with van der Waals surface area (Å²) in [6, 6.07) is 2.74. The molecule has 0 aromatic heterocycles. The van der Waals surface area contributed by atoms with E-state index < -0.39 is 72.8 Å². The lowest BCUT2D eigenvalue weighted by molar-refractivity contribution is -0.143. The molecule has 0 radical (unpaired) electrons. The first-order valence-electron chi connectivity index (χ1n) is 10.5. The van der Waals surface area contributed by atoms with Crippen LogP contribution >= 0.6 is 0 Å². The first-order valence-corrected chi connectivity index (χ1v) is 10.5. The quantitative estimate of drug-likeness (QED) is 0.121. The Kier molecular flexibility index (Phi) is 11.8. The van der Waals surface area contributed by atoms with Gasteiger partial charge in [-0.15, -0.1) is 0 Å². The zero-order valence-electron chi connectivity index (χ0n) is 18.7. The summed E-state index contributed by atoms with van der Waals surface area (Å²) in [5.41, 5.74) is 11.6. The van der Waals surface area contributed by atoms with E-state index in [2.05, 4.69) is 10.6 Å². The van der Waals surface area contributed by atoms with Gasteiger partial charge in [-0.05, 0) is 18.4 Å². The number of amides is 4. The molecule has 1 aromatic rings. The van der Waals surface area contributed by atoms with E-state index in [1.54, 1.807) is 30.3 Å². The SMILES string of the molecule is NC(=O)CCC(NC(=O)C(CO)NC(=O)C(CC(=O)O)NC(=O)C(N)Cc1ccccc1)C(=O)O. The van der Waals surface area contributed by atoms with Gasteiger partial charge in [0, 0.05) is 6.42 Å². The number of carbonyl (C=O) groups excluding carboxylic acids is 4. The fourth-order valence-electron chi connectivity index (χ4n) is 2.91. The second kappa shape index (κ2) is 14.3. The van der Waals surface area contributed by atoms with E-state index in [-0.39, 0.29) is 19.3 Å². The van der Waals surface area contributed by atoms with Gasteiger partial charge in [0.2, 0.25) is 23.6 Å². The third-order valence-electron chi connectivity index (χ3n) is 4.76. The molecule has 4 atom stereocenters. The van der Waals surface area contributed by atoms with E-state index in [0.29, 0.717) is 0 Å². The highest BCUT2D eigenvalue weighted by atomic mass is 16.4. The summed E-state index contributed by atoms with van der Waals surface area (Å²) in [7, 11) is 0. The Bertz CT molecular complexity index is 925. The lowest BCUT2D eigenvalue weighted by Gasteiger charge is -2.23. The molecule has 1 rings (SSSR count). The molecule has 14 heteroatoms. The highest BCUT2D eigenvalue weighted by molar-refractivity contribution is 5.95. The summed E-state index contributed by atoms with van der Waals surface area (Å²) in [4.78, 5) is 70.8. The van der Waals surface area contributed by atoms with Gasteiger partial charge >= 0.3 is 11.9 Å². The molecule has 14 nitrogen and oxygen atoms in total. The van der Waals surface area contributed by atoms with E-state index in [1.165, 1.54) is 0 Å². The molecular formula is C21H29N5O9. The number of carbonyl (C=O) groups is 6. The number of nitrogens with one attached hydrogen (secondary N) is 3. The standard InChI is InChI=1S/C21H29N5O9/c22-12(8-11-4-2-1-3-5-11)18(31)25-14(9-17(29)30)19(32)26-15(10-27)20(33)24-13(21(34)35)6-7-16(23)28/h1-5,12-15,27H,6-10,22H2,(H2,23,28)(H,24,33)(H,25,31)(H,26,32)(H,29,30)(H,34,35). The Morgan fingerprint density at radius 1 is 0.829 bits per heavy atom. The zero-order chi connectivity index (χ0) is 26.5. The van der Waals surface area contributed by atoms with Crippen molar-refractivity contribution in [2.75, 3.05) is 6.61 Å². The Morgan fingerprint density at radius 2 is 1.37 bits per heavy atom. The van der Waals surface area contributed by atoms with Crippen LogP contribution in [-0.4, -0.2) is 81.7 Å². The molecule has 1 aromatic carbocycles. The molecule has 0 bridgehead atoms. The van der Waals surface area contributed by atoms with Crippen molar-refractivity contribution in [2.24, 2.45) is 11.5 Å². The molecule has 35 heavy (non-hydrogen) atoms. The predicted molar refractivity (Wildman–Crippen MR) is 119 cm³/mol. The largest absolute Gasteiger partial charge is 0.481 e. The number of carboxylic acids is 2. The van der Waals surface area contributed by atoms with E-state index in [0.717, 1.165) is 5.56 Å². The van der Waals surface area contributed by atoms with E-state index in [9.17, 15) is 39.0 Å². The van der Waals surface area contributed by atoms with Crippen LogP contribution in [0.4, 0.5) is 0 Å². The number of nitrogens with two attached hydrogens (primary N) is 2. The molecule has 0 spiro atoms. The smallest absolute Gasteiger partial charge is 0.326 e. The van der Waals surface area contributed by atoms with Crippen LogP contribution in [0.3, 0.4) is 0 Å². The van der Waals surface area contributed by atoms with Crippen LogP contribution in [0.25, 0.3) is 0 Å². The van der Waals surface area contributed by atoms with Gasteiger partial charge in [0.25, 0.3) is 0 Å². The average molecular weight is 495 g/mol. The van der Waals surface area contributed by atoms with Crippen molar-refractivity contribution < 1.29 is 44.1 Å². The predicted octanol–water partition coefficient (Wildman–Crippen LogP) is -3.17. The second-order valence-electron chi connectivity index (χ2n) is 7.60. The number of hydrogen-bond acceptors (Lipinski definition) is 8. The Morgan fingerprint density at radius 3 is 1.89 bits per heavy atom. The molecule has 0 saturated carbocycles. The highest BCUT2D eigenvalue weighted by Crippen LogP contribution is 2.04. The van der Waals surface area contributed by atoms with Crippen LogP contribution in [-0.2, 0) is 35.2 Å². The molecule has 0 aliphatic heterocycles. The highest BCUT2D eigenvalue weighted by Gasteiger charge is 2.31.